The van der Waals surface area contributed by atoms with E-state index in [0.717, 1.165) is 17.7 Å². The van der Waals surface area contributed by atoms with Crippen LogP contribution in [0.5, 0.6) is 0 Å². The van der Waals surface area contributed by atoms with E-state index in [2.05, 4.69) is 10.6 Å². The van der Waals surface area contributed by atoms with Gasteiger partial charge >= 0.3 is 0 Å². The first-order valence-electron chi connectivity index (χ1n) is 9.76. The highest BCUT2D eigenvalue weighted by molar-refractivity contribution is 5.95. The van der Waals surface area contributed by atoms with E-state index in [9.17, 15) is 14.4 Å². The van der Waals surface area contributed by atoms with Crippen molar-refractivity contribution in [3.63, 3.8) is 0 Å². The van der Waals surface area contributed by atoms with E-state index in [1.54, 1.807) is 17.0 Å². The minimum absolute atomic E-state index is 0.0756. The Hall–Kier alpha value is -3.13. The van der Waals surface area contributed by atoms with E-state index in [0.29, 0.717) is 31.9 Å². The first kappa shape index (κ1) is 20.6. The van der Waals surface area contributed by atoms with E-state index in [4.69, 9.17) is 4.42 Å². The molecule has 3 amide bonds. The molecule has 0 aliphatic carbocycles. The fraction of sp³-hybridized carbons (Fsp3) is 0.381. The molecule has 1 aromatic heterocycles. The van der Waals surface area contributed by atoms with E-state index < -0.39 is 0 Å². The lowest BCUT2D eigenvalue weighted by Crippen LogP contribution is -2.51. The van der Waals surface area contributed by atoms with Crippen molar-refractivity contribution in [3.8, 4) is 0 Å². The summed E-state index contributed by atoms with van der Waals surface area (Å²) in [5.74, 6) is -0.280. The van der Waals surface area contributed by atoms with Crippen LogP contribution >= 0.6 is 0 Å². The van der Waals surface area contributed by atoms with Gasteiger partial charge in [0.15, 0.2) is 5.76 Å². The molecular formula is C21H26N4O4. The number of amides is 3. The predicted molar refractivity (Wildman–Crippen MR) is 109 cm³/mol. The molecule has 0 saturated carbocycles. The van der Waals surface area contributed by atoms with Crippen LogP contribution in [0.4, 0.5) is 5.69 Å². The second-order valence-electron chi connectivity index (χ2n) is 6.88. The zero-order valence-electron chi connectivity index (χ0n) is 16.5. The van der Waals surface area contributed by atoms with Crippen molar-refractivity contribution in [2.24, 2.45) is 0 Å². The number of benzene rings is 1. The van der Waals surface area contributed by atoms with E-state index >= 15 is 0 Å². The molecule has 2 N–H and O–H groups in total. The first-order valence-corrected chi connectivity index (χ1v) is 9.76. The standard InChI is InChI=1S/C21H26N4O4/c1-2-16-6-3-4-7-17(16)23-19(26)14-22-20(27)15-24-9-11-25(12-10-24)21(28)18-8-5-13-29-18/h3-8,13H,2,9-12,14-15H2,1H3,(H,22,27)(H,23,26). The second kappa shape index (κ2) is 9.88. The number of nitrogens with one attached hydrogen (secondary N) is 2. The Kier molecular flexibility index (Phi) is 7.02. The molecule has 2 heterocycles. The highest BCUT2D eigenvalue weighted by atomic mass is 16.3. The van der Waals surface area contributed by atoms with Gasteiger partial charge in [0.1, 0.15) is 0 Å². The number of nitrogens with zero attached hydrogens (tertiary/aromatic N) is 2. The van der Waals surface area contributed by atoms with Crippen molar-refractivity contribution in [2.45, 2.75) is 13.3 Å². The third-order valence-corrected chi connectivity index (χ3v) is 4.88. The van der Waals surface area contributed by atoms with Gasteiger partial charge in [-0.25, -0.2) is 0 Å². The van der Waals surface area contributed by atoms with Gasteiger partial charge in [-0.2, -0.15) is 0 Å². The van der Waals surface area contributed by atoms with Crippen LogP contribution in [0.2, 0.25) is 0 Å². The normalized spacial score (nSPS) is 14.4. The molecule has 1 aromatic carbocycles. The number of para-hydroxylation sites is 1. The Bertz CT molecular complexity index is 842. The molecule has 1 aliphatic rings. The summed E-state index contributed by atoms with van der Waals surface area (Å²) in [7, 11) is 0. The highest BCUT2D eigenvalue weighted by Gasteiger charge is 2.24. The quantitative estimate of drug-likeness (QED) is 0.734. The van der Waals surface area contributed by atoms with Crippen LogP contribution in [0.1, 0.15) is 23.0 Å². The van der Waals surface area contributed by atoms with Gasteiger partial charge in [-0.3, -0.25) is 19.3 Å². The molecule has 8 nitrogen and oxygen atoms in total. The third kappa shape index (κ3) is 5.68. The van der Waals surface area contributed by atoms with Crippen LogP contribution in [0, 0.1) is 0 Å². The van der Waals surface area contributed by atoms with E-state index in [1.165, 1.54) is 6.26 Å². The number of carbonyl (C=O) groups is 3. The summed E-state index contributed by atoms with van der Waals surface area (Å²) in [6.07, 6.45) is 2.29. The Morgan fingerprint density at radius 3 is 2.45 bits per heavy atom. The molecule has 0 spiro atoms. The maximum absolute atomic E-state index is 12.3. The maximum Gasteiger partial charge on any atom is 0.289 e. The number of piperazine rings is 1. The predicted octanol–water partition coefficient (Wildman–Crippen LogP) is 1.35. The van der Waals surface area contributed by atoms with Gasteiger partial charge in [-0.1, -0.05) is 25.1 Å². The Morgan fingerprint density at radius 2 is 1.76 bits per heavy atom. The van der Waals surface area contributed by atoms with Crippen molar-refractivity contribution >= 4 is 23.4 Å². The number of furan rings is 1. The number of carbonyl (C=O) groups excluding carboxylic acids is 3. The minimum Gasteiger partial charge on any atom is -0.459 e. The zero-order chi connectivity index (χ0) is 20.6. The van der Waals surface area contributed by atoms with Gasteiger partial charge in [0.2, 0.25) is 11.8 Å². The largest absolute Gasteiger partial charge is 0.459 e. The molecule has 29 heavy (non-hydrogen) atoms. The Morgan fingerprint density at radius 1 is 1.00 bits per heavy atom. The van der Waals surface area contributed by atoms with Gasteiger partial charge < -0.3 is 20.0 Å². The lowest BCUT2D eigenvalue weighted by atomic mass is 10.1. The number of aryl methyl sites for hydroxylation is 1. The molecule has 1 fully saturated rings. The van der Waals surface area contributed by atoms with Crippen LogP contribution < -0.4 is 10.6 Å². The highest BCUT2D eigenvalue weighted by Crippen LogP contribution is 2.15. The van der Waals surface area contributed by atoms with Crippen LogP contribution in [0.25, 0.3) is 0 Å². The topological polar surface area (TPSA) is 94.9 Å². The van der Waals surface area contributed by atoms with Gasteiger partial charge in [0.25, 0.3) is 5.91 Å². The van der Waals surface area contributed by atoms with Gasteiger partial charge in [0.05, 0.1) is 19.4 Å². The second-order valence-corrected chi connectivity index (χ2v) is 6.88. The summed E-state index contributed by atoms with van der Waals surface area (Å²) in [5, 5.41) is 5.49. The lowest BCUT2D eigenvalue weighted by molar-refractivity contribution is -0.125. The molecule has 154 valence electrons. The molecule has 3 rings (SSSR count). The van der Waals surface area contributed by atoms with Crippen molar-refractivity contribution in [1.82, 2.24) is 15.1 Å². The number of hydrogen-bond donors (Lipinski definition) is 2. The van der Waals surface area contributed by atoms with Gasteiger partial charge in [-0.05, 0) is 30.2 Å². The van der Waals surface area contributed by atoms with Crippen molar-refractivity contribution in [2.75, 3.05) is 44.6 Å². The molecule has 0 bridgehead atoms. The summed E-state index contributed by atoms with van der Waals surface area (Å²) < 4.78 is 5.14. The summed E-state index contributed by atoms with van der Waals surface area (Å²) in [6.45, 7) is 4.39. The van der Waals surface area contributed by atoms with Gasteiger partial charge in [-0.15, -0.1) is 0 Å². The summed E-state index contributed by atoms with van der Waals surface area (Å²) in [5.41, 5.74) is 1.82. The maximum atomic E-state index is 12.3. The van der Waals surface area contributed by atoms with E-state index in [1.807, 2.05) is 36.1 Å². The SMILES string of the molecule is CCc1ccccc1NC(=O)CNC(=O)CN1CCN(C(=O)c2ccco2)CC1. The summed E-state index contributed by atoms with van der Waals surface area (Å²) in [4.78, 5) is 40.2. The molecule has 2 aromatic rings. The first-order chi connectivity index (χ1) is 14.1. The van der Waals surface area contributed by atoms with Crippen molar-refractivity contribution in [1.29, 1.82) is 0 Å². The average molecular weight is 398 g/mol. The molecular weight excluding hydrogens is 372 g/mol. The molecule has 0 radical (unpaired) electrons. The van der Waals surface area contributed by atoms with Crippen LogP contribution in [0.15, 0.2) is 47.1 Å². The monoisotopic (exact) mass is 398 g/mol. The molecule has 0 unspecified atom stereocenters. The smallest absolute Gasteiger partial charge is 0.289 e. The molecule has 1 aliphatic heterocycles. The number of rotatable bonds is 7. The molecule has 8 heteroatoms. The van der Waals surface area contributed by atoms with Gasteiger partial charge in [0, 0.05) is 31.9 Å². The van der Waals surface area contributed by atoms with Crippen LogP contribution in [0.3, 0.4) is 0 Å². The van der Waals surface area contributed by atoms with Crippen molar-refractivity contribution in [3.05, 3.63) is 54.0 Å². The molecule has 1 saturated heterocycles. The Balaban J connectivity index is 1.38. The fourth-order valence-corrected chi connectivity index (χ4v) is 3.25. The number of anilines is 1. The van der Waals surface area contributed by atoms with E-state index in [-0.39, 0.29) is 30.8 Å². The third-order valence-electron chi connectivity index (χ3n) is 4.88. The zero-order valence-corrected chi connectivity index (χ0v) is 16.5. The minimum atomic E-state index is -0.256. The molecule has 0 atom stereocenters. The van der Waals surface area contributed by atoms with Crippen molar-refractivity contribution < 1.29 is 18.8 Å². The fourth-order valence-electron chi connectivity index (χ4n) is 3.25. The van der Waals surface area contributed by atoms with Crippen LogP contribution in [-0.4, -0.2) is 66.8 Å². The lowest BCUT2D eigenvalue weighted by Gasteiger charge is -2.33. The number of hydrogen-bond acceptors (Lipinski definition) is 5. The average Bonchev–Trinajstić information content (AvgIpc) is 3.28. The van der Waals surface area contributed by atoms with Crippen LogP contribution in [-0.2, 0) is 16.0 Å². The Labute approximate surface area is 169 Å². The summed E-state index contributed by atoms with van der Waals surface area (Å²) in [6, 6.07) is 10.9. The summed E-state index contributed by atoms with van der Waals surface area (Å²) >= 11 is 0.